The number of aromatic nitrogens is 1. The first-order valence-corrected chi connectivity index (χ1v) is 8.63. The van der Waals surface area contributed by atoms with E-state index in [0.717, 1.165) is 17.8 Å². The van der Waals surface area contributed by atoms with Crippen LogP contribution in [-0.4, -0.2) is 40.6 Å². The van der Waals surface area contributed by atoms with E-state index < -0.39 is 0 Å². The maximum atomic E-state index is 13.7. The van der Waals surface area contributed by atoms with E-state index in [1.165, 1.54) is 17.4 Å². The second-order valence-corrected chi connectivity index (χ2v) is 6.76. The number of nitrogens with zero attached hydrogens (tertiary/aromatic N) is 2. The molecule has 0 unspecified atom stereocenters. The Morgan fingerprint density at radius 1 is 1.35 bits per heavy atom. The highest BCUT2D eigenvalue weighted by molar-refractivity contribution is 7.09. The van der Waals surface area contributed by atoms with E-state index in [-0.39, 0.29) is 18.3 Å². The number of piperidine rings is 1. The molecule has 0 bridgehead atoms. The Hall–Kier alpha value is -1.79. The zero-order valence-electron chi connectivity index (χ0n) is 12.7. The zero-order chi connectivity index (χ0) is 16.2. The molecule has 1 saturated heterocycles. The molecule has 3 rings (SSSR count). The first-order chi connectivity index (χ1) is 11.2. The molecule has 0 spiro atoms. The molecule has 2 heterocycles. The smallest absolute Gasteiger partial charge is 0.273 e. The first-order valence-electron chi connectivity index (χ1n) is 7.75. The molecule has 122 valence electrons. The molecule has 1 aromatic carbocycles. The van der Waals surface area contributed by atoms with Gasteiger partial charge >= 0.3 is 0 Å². The summed E-state index contributed by atoms with van der Waals surface area (Å²) in [5.41, 5.74) is 1.02. The van der Waals surface area contributed by atoms with Crippen molar-refractivity contribution in [3.05, 3.63) is 51.7 Å². The van der Waals surface area contributed by atoms with Crippen molar-refractivity contribution in [1.82, 2.24) is 9.88 Å². The molecule has 4 nitrogen and oxygen atoms in total. The molecule has 1 N–H and O–H groups in total. The Labute approximate surface area is 138 Å². The molecule has 1 aliphatic rings. The number of halogens is 1. The van der Waals surface area contributed by atoms with Crippen molar-refractivity contribution in [1.29, 1.82) is 0 Å². The summed E-state index contributed by atoms with van der Waals surface area (Å²) in [5, 5.41) is 11.6. The number of rotatable bonds is 4. The highest BCUT2D eigenvalue weighted by Crippen LogP contribution is 2.21. The van der Waals surface area contributed by atoms with Gasteiger partial charge < -0.3 is 10.0 Å². The maximum Gasteiger partial charge on any atom is 0.273 e. The number of thiazole rings is 1. The van der Waals surface area contributed by atoms with Crippen LogP contribution in [0.4, 0.5) is 4.39 Å². The molecule has 1 amide bonds. The third-order valence-corrected chi connectivity index (χ3v) is 5.08. The fraction of sp³-hybridized carbons (Fsp3) is 0.412. The lowest BCUT2D eigenvalue weighted by atomic mass is 9.98. The minimum absolute atomic E-state index is 0.0718. The van der Waals surface area contributed by atoms with Crippen LogP contribution in [0, 0.1) is 11.7 Å². The lowest BCUT2D eigenvalue weighted by Gasteiger charge is -2.30. The third kappa shape index (κ3) is 3.76. The van der Waals surface area contributed by atoms with Crippen LogP contribution >= 0.6 is 11.3 Å². The second-order valence-electron chi connectivity index (χ2n) is 5.81. The number of carbonyl (C=O) groups is 1. The number of benzene rings is 1. The topological polar surface area (TPSA) is 53.4 Å². The number of carbonyl (C=O) groups excluding carboxylic acids is 1. The maximum absolute atomic E-state index is 13.7. The van der Waals surface area contributed by atoms with E-state index in [1.807, 2.05) is 0 Å². The fourth-order valence-corrected chi connectivity index (χ4v) is 3.57. The summed E-state index contributed by atoms with van der Waals surface area (Å²) in [6, 6.07) is 6.62. The normalized spacial score (nSPS) is 15.8. The van der Waals surface area contributed by atoms with Crippen LogP contribution in [0.15, 0.2) is 29.6 Å². The highest BCUT2D eigenvalue weighted by atomic mass is 32.1. The molecule has 0 aliphatic carbocycles. The van der Waals surface area contributed by atoms with Crippen LogP contribution < -0.4 is 0 Å². The number of hydrogen-bond acceptors (Lipinski definition) is 4. The van der Waals surface area contributed by atoms with Gasteiger partial charge in [-0.3, -0.25) is 4.79 Å². The van der Waals surface area contributed by atoms with Gasteiger partial charge in [-0.05, 0) is 30.4 Å². The van der Waals surface area contributed by atoms with Crippen molar-refractivity contribution in [2.45, 2.75) is 19.3 Å². The van der Waals surface area contributed by atoms with Gasteiger partial charge in [-0.2, -0.15) is 0 Å². The largest absolute Gasteiger partial charge is 0.396 e. The van der Waals surface area contributed by atoms with Crippen molar-refractivity contribution in [3.8, 4) is 0 Å². The van der Waals surface area contributed by atoms with Crippen LogP contribution in [-0.2, 0) is 6.42 Å². The Kier molecular flexibility index (Phi) is 5.03. The van der Waals surface area contributed by atoms with Crippen molar-refractivity contribution in [3.63, 3.8) is 0 Å². The van der Waals surface area contributed by atoms with Crippen LogP contribution in [0.3, 0.4) is 0 Å². The summed E-state index contributed by atoms with van der Waals surface area (Å²) in [6.07, 6.45) is 2.06. The van der Waals surface area contributed by atoms with Crippen LogP contribution in [0.2, 0.25) is 0 Å². The van der Waals surface area contributed by atoms with Gasteiger partial charge in [0.15, 0.2) is 0 Å². The quantitative estimate of drug-likeness (QED) is 0.935. The van der Waals surface area contributed by atoms with E-state index in [1.54, 1.807) is 28.5 Å². The highest BCUT2D eigenvalue weighted by Gasteiger charge is 2.24. The van der Waals surface area contributed by atoms with Crippen molar-refractivity contribution >= 4 is 17.2 Å². The van der Waals surface area contributed by atoms with Gasteiger partial charge in [0.05, 0.1) is 5.01 Å². The molecule has 1 fully saturated rings. The molecule has 0 atom stereocenters. The van der Waals surface area contributed by atoms with Crippen LogP contribution in [0.25, 0.3) is 0 Å². The minimum atomic E-state index is -0.248. The van der Waals surface area contributed by atoms with E-state index in [9.17, 15) is 9.18 Å². The summed E-state index contributed by atoms with van der Waals surface area (Å²) >= 11 is 1.39. The molecule has 1 aliphatic heterocycles. The average molecular weight is 334 g/mol. The first kappa shape index (κ1) is 16.1. The second kappa shape index (κ2) is 7.19. The Bertz CT molecular complexity index is 681. The standard InChI is InChI=1S/C17H19FN2O2S/c18-14-4-2-1-3-13(14)9-16-19-15(11-23-16)17(22)20-7-5-12(10-21)6-8-20/h1-4,11-12,21H,5-10H2. The van der Waals surface area contributed by atoms with E-state index in [2.05, 4.69) is 4.98 Å². The Morgan fingerprint density at radius 2 is 2.09 bits per heavy atom. The number of aliphatic hydroxyl groups is 1. The fourth-order valence-electron chi connectivity index (χ4n) is 2.78. The average Bonchev–Trinajstić information content (AvgIpc) is 3.05. The predicted molar refractivity (Wildman–Crippen MR) is 87.0 cm³/mol. The monoisotopic (exact) mass is 334 g/mol. The van der Waals surface area contributed by atoms with Crippen molar-refractivity contribution < 1.29 is 14.3 Å². The molecule has 23 heavy (non-hydrogen) atoms. The zero-order valence-corrected chi connectivity index (χ0v) is 13.6. The van der Waals surface area contributed by atoms with E-state index in [0.29, 0.717) is 36.7 Å². The van der Waals surface area contributed by atoms with Gasteiger partial charge in [-0.1, -0.05) is 18.2 Å². The minimum Gasteiger partial charge on any atom is -0.396 e. The predicted octanol–water partition coefficient (Wildman–Crippen LogP) is 2.72. The van der Waals surface area contributed by atoms with Gasteiger partial charge in [-0.15, -0.1) is 11.3 Å². The van der Waals surface area contributed by atoms with Gasteiger partial charge in [0, 0.05) is 31.5 Å². The molecular weight excluding hydrogens is 315 g/mol. The molecule has 6 heteroatoms. The summed E-state index contributed by atoms with van der Waals surface area (Å²) in [6.45, 7) is 1.50. The summed E-state index contributed by atoms with van der Waals surface area (Å²) in [7, 11) is 0. The molecule has 1 aromatic heterocycles. The van der Waals surface area contributed by atoms with Crippen LogP contribution in [0.1, 0.15) is 33.9 Å². The van der Waals surface area contributed by atoms with E-state index >= 15 is 0 Å². The summed E-state index contributed by atoms with van der Waals surface area (Å²) in [4.78, 5) is 18.6. The third-order valence-electron chi connectivity index (χ3n) is 4.23. The Balaban J connectivity index is 1.65. The van der Waals surface area contributed by atoms with Gasteiger partial charge in [0.2, 0.25) is 0 Å². The number of aliphatic hydroxyl groups excluding tert-OH is 1. The molecular formula is C17H19FN2O2S. The summed E-state index contributed by atoms with van der Waals surface area (Å²) < 4.78 is 13.7. The molecule has 2 aromatic rings. The Morgan fingerprint density at radius 3 is 2.78 bits per heavy atom. The van der Waals surface area contributed by atoms with Crippen LogP contribution in [0.5, 0.6) is 0 Å². The summed E-state index contributed by atoms with van der Waals surface area (Å²) in [5.74, 6) is -0.0230. The van der Waals surface area contributed by atoms with Crippen molar-refractivity contribution in [2.75, 3.05) is 19.7 Å². The van der Waals surface area contributed by atoms with Crippen molar-refractivity contribution in [2.24, 2.45) is 5.92 Å². The van der Waals surface area contributed by atoms with Gasteiger partial charge in [-0.25, -0.2) is 9.37 Å². The number of likely N-dealkylation sites (tertiary alicyclic amines) is 1. The number of amides is 1. The SMILES string of the molecule is O=C(c1csc(Cc2ccccc2F)n1)N1CCC(CO)CC1. The van der Waals surface area contributed by atoms with Gasteiger partial charge in [0.1, 0.15) is 11.5 Å². The molecule has 0 saturated carbocycles. The lowest BCUT2D eigenvalue weighted by Crippen LogP contribution is -2.39. The van der Waals surface area contributed by atoms with E-state index in [4.69, 9.17) is 5.11 Å². The lowest BCUT2D eigenvalue weighted by molar-refractivity contribution is 0.0646. The number of hydrogen-bond donors (Lipinski definition) is 1. The molecule has 0 radical (unpaired) electrons. The van der Waals surface area contributed by atoms with Gasteiger partial charge in [0.25, 0.3) is 5.91 Å².